The van der Waals surface area contributed by atoms with Gasteiger partial charge in [0, 0.05) is 42.9 Å². The van der Waals surface area contributed by atoms with Gasteiger partial charge in [-0.25, -0.2) is 18.4 Å². The third kappa shape index (κ3) is 5.37. The fraction of sp³-hybridized carbons (Fsp3) is 0.600. The van der Waals surface area contributed by atoms with Crippen molar-refractivity contribution < 1.29 is 31.2 Å². The summed E-state index contributed by atoms with van der Waals surface area (Å²) >= 11 is 1.05. The monoisotopic (exact) mass is 585 g/mol. The van der Waals surface area contributed by atoms with E-state index in [0.29, 0.717) is 35.6 Å². The van der Waals surface area contributed by atoms with Crippen LogP contribution in [0, 0.1) is 12.3 Å². The van der Waals surface area contributed by atoms with Gasteiger partial charge in [-0.2, -0.15) is 13.2 Å². The average Bonchev–Trinajstić information content (AvgIpc) is 3.25. The predicted molar refractivity (Wildman–Crippen MR) is 141 cm³/mol. The van der Waals surface area contributed by atoms with Crippen LogP contribution in [0.25, 0.3) is 10.4 Å². The van der Waals surface area contributed by atoms with E-state index in [-0.39, 0.29) is 51.3 Å². The molecule has 1 N–H and O–H groups in total. The Morgan fingerprint density at radius 2 is 1.90 bits per heavy atom. The van der Waals surface area contributed by atoms with Crippen LogP contribution in [0.15, 0.2) is 12.3 Å². The first-order valence-electron chi connectivity index (χ1n) is 12.8. The van der Waals surface area contributed by atoms with Gasteiger partial charge in [0.15, 0.2) is 14.8 Å². The Kier molecular flexibility index (Phi) is 6.93. The number of nitrogens with zero attached hydrogens (tertiary/aromatic N) is 4. The number of likely N-dealkylation sites (tertiary alicyclic amines) is 2. The first-order valence-corrected chi connectivity index (χ1v) is 15.4. The van der Waals surface area contributed by atoms with Crippen LogP contribution < -0.4 is 5.32 Å². The Hall–Kier alpha value is -2.74. The van der Waals surface area contributed by atoms with E-state index < -0.39 is 22.1 Å². The number of hydrogen-bond acceptors (Lipinski definition) is 8. The average molecular weight is 586 g/mol. The van der Waals surface area contributed by atoms with E-state index >= 15 is 0 Å². The second-order valence-corrected chi connectivity index (χ2v) is 14.1. The standard InChI is InChI=1S/C25H30F3N5O4S2/c1-14-8-18(30-16(3)25(26,27)28)29-9-17(14)20-19(22(34)33-7-5-4-6-15(33)2)31-21(38-20)23(35)32-10-24(11-32)12-39(36,37)13-24/h8-9,15-16H,4-7,10-13H2,1-3H3,(H,29,30)/t15-,16-/m0/s1. The molecule has 2 atom stereocenters. The first-order chi connectivity index (χ1) is 18.2. The van der Waals surface area contributed by atoms with Gasteiger partial charge >= 0.3 is 6.18 Å². The zero-order chi connectivity index (χ0) is 28.3. The van der Waals surface area contributed by atoms with E-state index in [9.17, 15) is 31.2 Å². The smallest absolute Gasteiger partial charge is 0.359 e. The number of carbonyl (C=O) groups excluding carboxylic acids is 2. The lowest BCUT2D eigenvalue weighted by atomic mass is 9.83. The summed E-state index contributed by atoms with van der Waals surface area (Å²) in [5.74, 6) is -0.487. The third-order valence-corrected chi connectivity index (χ3v) is 10.9. The van der Waals surface area contributed by atoms with Crippen LogP contribution in [0.3, 0.4) is 0 Å². The lowest BCUT2D eigenvalue weighted by Gasteiger charge is -2.54. The lowest BCUT2D eigenvalue weighted by molar-refractivity contribution is -0.138. The van der Waals surface area contributed by atoms with Crippen LogP contribution in [0.2, 0.25) is 0 Å². The molecular formula is C25H30F3N5O4S2. The Bertz CT molecular complexity index is 1410. The molecule has 0 saturated carbocycles. The Morgan fingerprint density at radius 3 is 2.49 bits per heavy atom. The van der Waals surface area contributed by atoms with Gasteiger partial charge in [-0.3, -0.25) is 9.59 Å². The maximum absolute atomic E-state index is 13.7. The summed E-state index contributed by atoms with van der Waals surface area (Å²) in [6, 6.07) is -0.316. The number of amides is 2. The van der Waals surface area contributed by atoms with Crippen LogP contribution in [-0.4, -0.2) is 89.4 Å². The summed E-state index contributed by atoms with van der Waals surface area (Å²) in [6.07, 6.45) is -0.312. The molecule has 3 fully saturated rings. The zero-order valence-corrected chi connectivity index (χ0v) is 23.5. The highest BCUT2D eigenvalue weighted by atomic mass is 32.2. The fourth-order valence-electron chi connectivity index (χ4n) is 5.57. The van der Waals surface area contributed by atoms with Crippen LogP contribution >= 0.6 is 11.3 Å². The number of aryl methyl sites for hydroxylation is 1. The van der Waals surface area contributed by atoms with E-state index in [1.165, 1.54) is 12.3 Å². The molecule has 2 aromatic rings. The molecule has 9 nitrogen and oxygen atoms in total. The number of rotatable bonds is 5. The molecule has 0 unspecified atom stereocenters. The minimum atomic E-state index is -4.44. The molecule has 2 amide bonds. The summed E-state index contributed by atoms with van der Waals surface area (Å²) in [7, 11) is -3.03. The van der Waals surface area contributed by atoms with Crippen molar-refractivity contribution in [3.8, 4) is 10.4 Å². The SMILES string of the molecule is Cc1cc(N[C@@H](C)C(F)(F)F)ncc1-c1sc(C(=O)N2CC3(C2)CS(=O)(=O)C3)nc1C(=O)N1CCCC[C@@H]1C. The van der Waals surface area contributed by atoms with Crippen molar-refractivity contribution in [1.82, 2.24) is 19.8 Å². The maximum atomic E-state index is 13.7. The van der Waals surface area contributed by atoms with Gasteiger partial charge < -0.3 is 15.1 Å². The minimum absolute atomic E-state index is 0.00501. The normalized spacial score (nSPS) is 22.7. The number of sulfone groups is 1. The van der Waals surface area contributed by atoms with Crippen LogP contribution in [0.4, 0.5) is 19.0 Å². The molecule has 3 aliphatic rings. The number of anilines is 1. The van der Waals surface area contributed by atoms with Crippen molar-refractivity contribution in [2.75, 3.05) is 36.5 Å². The van der Waals surface area contributed by atoms with Gasteiger partial charge in [0.05, 0.1) is 16.4 Å². The van der Waals surface area contributed by atoms with E-state index in [0.717, 1.165) is 37.5 Å². The second-order valence-electron chi connectivity index (χ2n) is 11.0. The summed E-state index contributed by atoms with van der Waals surface area (Å²) in [5, 5.41) is 2.46. The number of nitrogens with one attached hydrogen (secondary N) is 1. The van der Waals surface area contributed by atoms with Gasteiger partial charge in [-0.15, -0.1) is 11.3 Å². The Balaban J connectivity index is 1.45. The molecule has 0 aliphatic carbocycles. The molecule has 39 heavy (non-hydrogen) atoms. The highest BCUT2D eigenvalue weighted by molar-refractivity contribution is 7.92. The largest absolute Gasteiger partial charge is 0.408 e. The first kappa shape index (κ1) is 27.8. The van der Waals surface area contributed by atoms with Crippen LogP contribution in [0.5, 0.6) is 0 Å². The third-order valence-electron chi connectivity index (χ3n) is 7.68. The van der Waals surface area contributed by atoms with E-state index in [4.69, 9.17) is 0 Å². The molecule has 212 valence electrons. The topological polar surface area (TPSA) is 113 Å². The molecule has 0 aromatic carbocycles. The maximum Gasteiger partial charge on any atom is 0.408 e. The minimum Gasteiger partial charge on any atom is -0.359 e. The molecular weight excluding hydrogens is 555 g/mol. The number of hydrogen-bond donors (Lipinski definition) is 1. The number of carbonyl (C=O) groups is 2. The highest BCUT2D eigenvalue weighted by Gasteiger charge is 2.57. The van der Waals surface area contributed by atoms with Crippen LogP contribution in [-0.2, 0) is 9.84 Å². The van der Waals surface area contributed by atoms with Gasteiger partial charge in [0.1, 0.15) is 17.6 Å². The number of pyridine rings is 1. The molecule has 3 saturated heterocycles. The van der Waals surface area contributed by atoms with E-state index in [1.807, 2.05) is 6.92 Å². The molecule has 2 aromatic heterocycles. The van der Waals surface area contributed by atoms with Crippen molar-refractivity contribution in [2.45, 2.75) is 58.3 Å². The Labute approximate surface area is 228 Å². The summed E-state index contributed by atoms with van der Waals surface area (Å²) < 4.78 is 62.3. The number of alkyl halides is 3. The van der Waals surface area contributed by atoms with Crippen molar-refractivity contribution in [3.05, 3.63) is 28.5 Å². The molecule has 1 spiro atoms. The van der Waals surface area contributed by atoms with Gasteiger partial charge in [0.2, 0.25) is 0 Å². The molecule has 0 radical (unpaired) electrons. The van der Waals surface area contributed by atoms with Crippen LogP contribution in [0.1, 0.15) is 59.0 Å². The number of aromatic nitrogens is 2. The van der Waals surface area contributed by atoms with Crippen molar-refractivity contribution in [1.29, 1.82) is 0 Å². The van der Waals surface area contributed by atoms with Crippen molar-refractivity contribution >= 4 is 38.8 Å². The quantitative estimate of drug-likeness (QED) is 0.569. The summed E-state index contributed by atoms with van der Waals surface area (Å²) in [4.78, 5) is 39.3. The van der Waals surface area contributed by atoms with E-state index in [2.05, 4.69) is 15.3 Å². The molecule has 14 heteroatoms. The van der Waals surface area contributed by atoms with Gasteiger partial charge in [-0.05, 0) is 51.7 Å². The number of thiazole rings is 1. The second kappa shape index (κ2) is 9.72. The molecule has 5 rings (SSSR count). The molecule has 0 bridgehead atoms. The van der Waals surface area contributed by atoms with Gasteiger partial charge in [0.25, 0.3) is 11.8 Å². The summed E-state index contributed by atoms with van der Waals surface area (Å²) in [6.45, 7) is 5.89. The Morgan fingerprint density at radius 1 is 1.21 bits per heavy atom. The fourth-order valence-corrected chi connectivity index (χ4v) is 8.81. The van der Waals surface area contributed by atoms with Gasteiger partial charge in [-0.1, -0.05) is 0 Å². The lowest BCUT2D eigenvalue weighted by Crippen LogP contribution is -2.69. The highest BCUT2D eigenvalue weighted by Crippen LogP contribution is 2.43. The molecule has 3 aliphatic heterocycles. The number of halogens is 3. The number of piperidine rings is 1. The molecule has 5 heterocycles. The summed E-state index contributed by atoms with van der Waals surface area (Å²) in [5.41, 5.74) is 0.823. The van der Waals surface area contributed by atoms with E-state index in [1.54, 1.807) is 16.7 Å². The predicted octanol–water partition coefficient (Wildman–Crippen LogP) is 3.76. The zero-order valence-electron chi connectivity index (χ0n) is 21.8. The van der Waals surface area contributed by atoms with Crippen molar-refractivity contribution in [2.24, 2.45) is 5.41 Å². The van der Waals surface area contributed by atoms with Crippen molar-refractivity contribution in [3.63, 3.8) is 0 Å².